The summed E-state index contributed by atoms with van der Waals surface area (Å²) in [6.45, 7) is 8.84. The molecule has 0 aromatic carbocycles. The summed E-state index contributed by atoms with van der Waals surface area (Å²) in [6, 6.07) is 0. The van der Waals surface area contributed by atoms with E-state index in [-0.39, 0.29) is 17.5 Å². The summed E-state index contributed by atoms with van der Waals surface area (Å²) >= 11 is 0. The zero-order valence-corrected chi connectivity index (χ0v) is 19.3. The van der Waals surface area contributed by atoms with Crippen LogP contribution < -0.4 is 0 Å². The Hall–Kier alpha value is -1.32. The number of rotatable bonds is 5. The monoisotopic (exact) mass is 416 g/mol. The molecular formula is C26H40O4. The minimum Gasteiger partial charge on any atom is -0.481 e. The first-order chi connectivity index (χ1) is 14.1. The van der Waals surface area contributed by atoms with E-state index in [1.54, 1.807) is 5.57 Å². The first kappa shape index (κ1) is 21.9. The fourth-order valence-electron chi connectivity index (χ4n) is 8.49. The lowest BCUT2D eigenvalue weighted by atomic mass is 9.47. The maximum Gasteiger partial charge on any atom is 0.303 e. The van der Waals surface area contributed by atoms with Crippen molar-refractivity contribution >= 4 is 11.9 Å². The molecule has 4 aliphatic carbocycles. The fourth-order valence-corrected chi connectivity index (χ4v) is 8.49. The van der Waals surface area contributed by atoms with Crippen molar-refractivity contribution in [1.82, 2.24) is 0 Å². The van der Waals surface area contributed by atoms with Gasteiger partial charge in [-0.2, -0.15) is 0 Å². The molecule has 0 unspecified atom stereocenters. The third kappa shape index (κ3) is 3.62. The number of carbonyl (C=O) groups excluding carboxylic acids is 1. The van der Waals surface area contributed by atoms with Crippen molar-refractivity contribution in [2.45, 2.75) is 98.0 Å². The van der Waals surface area contributed by atoms with Crippen LogP contribution in [0.3, 0.4) is 0 Å². The Bertz CT molecular complexity index is 727. The van der Waals surface area contributed by atoms with Gasteiger partial charge in [-0.15, -0.1) is 0 Å². The Morgan fingerprint density at radius 2 is 1.93 bits per heavy atom. The summed E-state index contributed by atoms with van der Waals surface area (Å²) in [7, 11) is 0. The lowest BCUT2D eigenvalue weighted by molar-refractivity contribution is -0.148. The number of hydrogen-bond donors (Lipinski definition) is 1. The summed E-state index contributed by atoms with van der Waals surface area (Å²) in [6.07, 6.45) is 13.1. The van der Waals surface area contributed by atoms with Gasteiger partial charge in [0.25, 0.3) is 0 Å². The van der Waals surface area contributed by atoms with Crippen LogP contribution in [0.15, 0.2) is 11.6 Å². The van der Waals surface area contributed by atoms with Gasteiger partial charge in [-0.25, -0.2) is 0 Å². The van der Waals surface area contributed by atoms with E-state index < -0.39 is 5.97 Å². The highest BCUT2D eigenvalue weighted by molar-refractivity contribution is 5.66. The lowest BCUT2D eigenvalue weighted by Gasteiger charge is -2.58. The first-order valence-electron chi connectivity index (χ1n) is 12.2. The van der Waals surface area contributed by atoms with Crippen LogP contribution in [0.2, 0.25) is 0 Å². The third-order valence-electron chi connectivity index (χ3n) is 9.97. The number of ether oxygens (including phenoxy) is 1. The Morgan fingerprint density at radius 3 is 2.63 bits per heavy atom. The molecule has 3 saturated carbocycles. The molecule has 0 bridgehead atoms. The van der Waals surface area contributed by atoms with Crippen LogP contribution in [0.5, 0.6) is 0 Å². The maximum absolute atomic E-state index is 11.4. The summed E-state index contributed by atoms with van der Waals surface area (Å²) in [4.78, 5) is 22.5. The van der Waals surface area contributed by atoms with Gasteiger partial charge in [-0.05, 0) is 91.8 Å². The minimum absolute atomic E-state index is 0.0678. The summed E-state index contributed by atoms with van der Waals surface area (Å²) < 4.78 is 5.57. The predicted octanol–water partition coefficient (Wildman–Crippen LogP) is 6.00. The predicted molar refractivity (Wildman–Crippen MR) is 117 cm³/mol. The topological polar surface area (TPSA) is 63.6 Å². The van der Waals surface area contributed by atoms with Gasteiger partial charge in [-0.1, -0.05) is 32.4 Å². The van der Waals surface area contributed by atoms with Crippen molar-refractivity contribution < 1.29 is 19.4 Å². The molecule has 1 N–H and O–H groups in total. The van der Waals surface area contributed by atoms with Crippen LogP contribution in [0.25, 0.3) is 0 Å². The largest absolute Gasteiger partial charge is 0.481 e. The molecule has 168 valence electrons. The van der Waals surface area contributed by atoms with Gasteiger partial charge in [-0.3, -0.25) is 9.59 Å². The average Bonchev–Trinajstić information content (AvgIpc) is 3.03. The second kappa shape index (κ2) is 7.98. The minimum atomic E-state index is -0.660. The molecule has 0 amide bonds. The van der Waals surface area contributed by atoms with Crippen molar-refractivity contribution in [1.29, 1.82) is 0 Å². The Kier molecular flexibility index (Phi) is 5.83. The van der Waals surface area contributed by atoms with Crippen molar-refractivity contribution in [2.75, 3.05) is 0 Å². The van der Waals surface area contributed by atoms with Gasteiger partial charge in [0.05, 0.1) is 0 Å². The van der Waals surface area contributed by atoms with Crippen LogP contribution in [0.4, 0.5) is 0 Å². The van der Waals surface area contributed by atoms with Crippen LogP contribution in [-0.2, 0) is 14.3 Å². The highest BCUT2D eigenvalue weighted by Gasteiger charge is 2.59. The van der Waals surface area contributed by atoms with Gasteiger partial charge >= 0.3 is 11.9 Å². The van der Waals surface area contributed by atoms with E-state index in [1.165, 1.54) is 39.0 Å². The van der Waals surface area contributed by atoms with Gasteiger partial charge in [0, 0.05) is 19.8 Å². The molecule has 0 heterocycles. The smallest absolute Gasteiger partial charge is 0.303 e. The van der Waals surface area contributed by atoms with E-state index in [0.717, 1.165) is 43.4 Å². The third-order valence-corrected chi connectivity index (χ3v) is 9.97. The molecule has 0 radical (unpaired) electrons. The summed E-state index contributed by atoms with van der Waals surface area (Å²) in [5, 5.41) is 9.13. The molecule has 4 heteroatoms. The average molecular weight is 417 g/mol. The summed E-state index contributed by atoms with van der Waals surface area (Å²) in [5.41, 5.74) is 2.19. The van der Waals surface area contributed by atoms with E-state index in [0.29, 0.717) is 23.7 Å². The number of allylic oxidation sites excluding steroid dienone is 1. The molecule has 0 spiro atoms. The number of hydrogen-bond acceptors (Lipinski definition) is 3. The van der Waals surface area contributed by atoms with E-state index in [1.807, 2.05) is 0 Å². The van der Waals surface area contributed by atoms with E-state index in [9.17, 15) is 9.59 Å². The second-order valence-corrected chi connectivity index (χ2v) is 11.4. The number of carboxylic acid groups (broad SMARTS) is 1. The molecule has 0 aromatic rings. The molecule has 30 heavy (non-hydrogen) atoms. The highest BCUT2D eigenvalue weighted by atomic mass is 16.5. The quantitative estimate of drug-likeness (QED) is 0.441. The number of fused-ring (bicyclic) bond motifs is 5. The van der Waals surface area contributed by atoms with Gasteiger partial charge in [0.15, 0.2) is 0 Å². The number of aliphatic carboxylic acids is 1. The molecule has 0 aromatic heterocycles. The molecule has 3 fully saturated rings. The van der Waals surface area contributed by atoms with Crippen LogP contribution in [0.1, 0.15) is 91.9 Å². The highest BCUT2D eigenvalue weighted by Crippen LogP contribution is 2.67. The molecule has 8 atom stereocenters. The number of carboxylic acids is 1. The van der Waals surface area contributed by atoms with Crippen LogP contribution >= 0.6 is 0 Å². The first-order valence-corrected chi connectivity index (χ1v) is 12.2. The Morgan fingerprint density at radius 1 is 1.17 bits per heavy atom. The molecule has 4 rings (SSSR count). The molecular weight excluding hydrogens is 376 g/mol. The molecule has 4 aliphatic rings. The van der Waals surface area contributed by atoms with Gasteiger partial charge in [0.1, 0.15) is 6.10 Å². The molecule has 4 nitrogen and oxygen atoms in total. The molecule has 0 aliphatic heterocycles. The van der Waals surface area contributed by atoms with Crippen molar-refractivity contribution in [3.8, 4) is 0 Å². The van der Waals surface area contributed by atoms with Crippen LogP contribution in [-0.4, -0.2) is 23.1 Å². The maximum atomic E-state index is 11.4. The SMILES string of the molecule is CC(=O)O[C@@H]1CC[C@@]2(C)C(=CC[C@@H]3[C@H]2CC[C@]2(C)[C@@H]([C@H](C)CCC(=O)O)CC[C@@H]32)C1. The normalized spacial score (nSPS) is 43.6. The van der Waals surface area contributed by atoms with Gasteiger partial charge in [0.2, 0.25) is 0 Å². The van der Waals surface area contributed by atoms with Crippen LogP contribution in [0, 0.1) is 40.4 Å². The zero-order valence-electron chi connectivity index (χ0n) is 19.3. The van der Waals surface area contributed by atoms with E-state index in [2.05, 4.69) is 26.8 Å². The zero-order chi connectivity index (χ0) is 21.7. The van der Waals surface area contributed by atoms with E-state index >= 15 is 0 Å². The van der Waals surface area contributed by atoms with Crippen molar-refractivity contribution in [3.63, 3.8) is 0 Å². The lowest BCUT2D eigenvalue weighted by Crippen LogP contribution is -2.51. The summed E-state index contributed by atoms with van der Waals surface area (Å²) in [5.74, 6) is 2.64. The Balaban J connectivity index is 1.51. The number of esters is 1. The fraction of sp³-hybridized carbons (Fsp3) is 0.846. The standard InChI is InChI=1S/C26H40O4/c1-16(5-10-24(28)29)21-8-9-22-20-7-6-18-15-19(30-17(2)27)11-13-25(18,3)23(20)12-14-26(21,22)4/h6,16,19-23H,5,7-15H2,1-4H3,(H,28,29)/t16-,19-,20+,21-,22+,23-,25+,26-/m1/s1. The van der Waals surface area contributed by atoms with Gasteiger partial charge < -0.3 is 9.84 Å². The van der Waals surface area contributed by atoms with E-state index in [4.69, 9.17) is 9.84 Å². The van der Waals surface area contributed by atoms with Crippen molar-refractivity contribution in [3.05, 3.63) is 11.6 Å². The van der Waals surface area contributed by atoms with Crippen molar-refractivity contribution in [2.24, 2.45) is 40.4 Å². The molecule has 0 saturated heterocycles. The number of carbonyl (C=O) groups is 2. The Labute approximate surface area is 181 Å². The second-order valence-electron chi connectivity index (χ2n) is 11.4.